The van der Waals surface area contributed by atoms with Gasteiger partial charge in [0, 0.05) is 22.8 Å². The number of ether oxygens (including phenoxy) is 1. The van der Waals surface area contributed by atoms with Crippen molar-refractivity contribution in [3.63, 3.8) is 0 Å². The van der Waals surface area contributed by atoms with Crippen molar-refractivity contribution >= 4 is 16.6 Å². The number of hydrogen-bond donors (Lipinski definition) is 1. The third kappa shape index (κ3) is 2.01. The summed E-state index contributed by atoms with van der Waals surface area (Å²) in [6, 6.07) is 3.09. The fourth-order valence-electron chi connectivity index (χ4n) is 2.73. The van der Waals surface area contributed by atoms with Crippen molar-refractivity contribution in [2.75, 3.05) is 12.3 Å². The first-order valence-electron chi connectivity index (χ1n) is 6.74. The van der Waals surface area contributed by atoms with Gasteiger partial charge < -0.3 is 10.5 Å². The Labute approximate surface area is 111 Å². The second-order valence-electron chi connectivity index (χ2n) is 4.89. The van der Waals surface area contributed by atoms with E-state index in [9.17, 15) is 4.39 Å². The molecule has 1 aromatic heterocycles. The third-order valence-corrected chi connectivity index (χ3v) is 3.66. The molecule has 0 unspecified atom stereocenters. The summed E-state index contributed by atoms with van der Waals surface area (Å²) in [6.45, 7) is 2.26. The number of halogens is 1. The van der Waals surface area contributed by atoms with Crippen molar-refractivity contribution in [1.29, 1.82) is 0 Å². The first kappa shape index (κ1) is 12.2. The zero-order valence-electron chi connectivity index (χ0n) is 11.0. The van der Waals surface area contributed by atoms with Gasteiger partial charge in [-0.05, 0) is 44.2 Å². The molecule has 0 saturated carbocycles. The van der Waals surface area contributed by atoms with Crippen LogP contribution in [0.25, 0.3) is 10.9 Å². The van der Waals surface area contributed by atoms with Crippen LogP contribution in [-0.4, -0.2) is 11.6 Å². The van der Waals surface area contributed by atoms with Gasteiger partial charge >= 0.3 is 0 Å². The smallest absolute Gasteiger partial charge is 0.167 e. The molecule has 0 amide bonds. The fourth-order valence-corrected chi connectivity index (χ4v) is 2.73. The topological polar surface area (TPSA) is 48.1 Å². The first-order chi connectivity index (χ1) is 9.20. The van der Waals surface area contributed by atoms with E-state index in [0.717, 1.165) is 48.0 Å². The van der Waals surface area contributed by atoms with Crippen LogP contribution in [0.1, 0.15) is 31.0 Å². The molecule has 1 heterocycles. The molecule has 3 rings (SSSR count). The van der Waals surface area contributed by atoms with E-state index in [4.69, 9.17) is 10.5 Å². The van der Waals surface area contributed by atoms with Crippen molar-refractivity contribution in [3.05, 3.63) is 29.2 Å². The molecular formula is C15H17FN2O. The number of nitrogens with two attached hydrogens (primary N) is 1. The highest BCUT2D eigenvalue weighted by atomic mass is 19.1. The van der Waals surface area contributed by atoms with Crippen molar-refractivity contribution < 1.29 is 9.13 Å². The second-order valence-corrected chi connectivity index (χ2v) is 4.89. The van der Waals surface area contributed by atoms with Crippen LogP contribution in [0.3, 0.4) is 0 Å². The van der Waals surface area contributed by atoms with E-state index in [1.807, 2.05) is 6.92 Å². The van der Waals surface area contributed by atoms with E-state index in [2.05, 4.69) is 4.98 Å². The molecule has 0 aliphatic heterocycles. The minimum absolute atomic E-state index is 0.249. The van der Waals surface area contributed by atoms with Gasteiger partial charge in [-0.2, -0.15) is 0 Å². The number of fused-ring (bicyclic) bond motifs is 2. The molecule has 0 atom stereocenters. The third-order valence-electron chi connectivity index (χ3n) is 3.66. The number of aromatic nitrogens is 1. The van der Waals surface area contributed by atoms with E-state index in [1.165, 1.54) is 6.07 Å². The Hall–Kier alpha value is -1.84. The van der Waals surface area contributed by atoms with Crippen LogP contribution in [0.15, 0.2) is 12.1 Å². The lowest BCUT2D eigenvalue weighted by Gasteiger charge is -2.19. The SMILES string of the molecule is CCOc1cc2c(N)c3c(nc2cc1F)CCCC3. The molecule has 1 aliphatic carbocycles. The molecule has 2 N–H and O–H groups in total. The Morgan fingerprint density at radius 2 is 2.11 bits per heavy atom. The van der Waals surface area contributed by atoms with Crippen LogP contribution < -0.4 is 10.5 Å². The van der Waals surface area contributed by atoms with Gasteiger partial charge in [0.1, 0.15) is 0 Å². The van der Waals surface area contributed by atoms with E-state index < -0.39 is 0 Å². The molecular weight excluding hydrogens is 243 g/mol. The molecule has 1 aliphatic rings. The summed E-state index contributed by atoms with van der Waals surface area (Å²) in [6.07, 6.45) is 4.17. The Morgan fingerprint density at radius 1 is 1.32 bits per heavy atom. The van der Waals surface area contributed by atoms with Crippen LogP contribution in [-0.2, 0) is 12.8 Å². The number of pyridine rings is 1. The Bertz CT molecular complexity index is 640. The molecule has 0 spiro atoms. The van der Waals surface area contributed by atoms with Gasteiger partial charge in [-0.3, -0.25) is 4.98 Å². The molecule has 100 valence electrons. The van der Waals surface area contributed by atoms with E-state index >= 15 is 0 Å². The summed E-state index contributed by atoms with van der Waals surface area (Å²) in [5.74, 6) is -0.128. The highest BCUT2D eigenvalue weighted by Crippen LogP contribution is 2.34. The quantitative estimate of drug-likeness (QED) is 0.901. The molecule has 3 nitrogen and oxygen atoms in total. The minimum atomic E-state index is -0.378. The monoisotopic (exact) mass is 260 g/mol. The van der Waals surface area contributed by atoms with Gasteiger partial charge in [0.25, 0.3) is 0 Å². The van der Waals surface area contributed by atoms with Crippen molar-refractivity contribution in [2.45, 2.75) is 32.6 Å². The van der Waals surface area contributed by atoms with Crippen LogP contribution in [0.2, 0.25) is 0 Å². The Balaban J connectivity index is 2.24. The molecule has 1 aromatic carbocycles. The maximum Gasteiger partial charge on any atom is 0.167 e. The lowest BCUT2D eigenvalue weighted by Crippen LogP contribution is -2.09. The average Bonchev–Trinajstić information content (AvgIpc) is 2.41. The van der Waals surface area contributed by atoms with Gasteiger partial charge in [0.05, 0.1) is 12.1 Å². The molecule has 0 fully saturated rings. The summed E-state index contributed by atoms with van der Waals surface area (Å²) >= 11 is 0. The van der Waals surface area contributed by atoms with Gasteiger partial charge in [-0.15, -0.1) is 0 Å². The van der Waals surface area contributed by atoms with E-state index in [-0.39, 0.29) is 11.6 Å². The van der Waals surface area contributed by atoms with Crippen molar-refractivity contribution in [1.82, 2.24) is 4.98 Å². The molecule has 0 saturated heterocycles. The number of rotatable bonds is 2. The van der Waals surface area contributed by atoms with Crippen LogP contribution in [0, 0.1) is 5.82 Å². The number of aryl methyl sites for hydroxylation is 1. The number of anilines is 1. The van der Waals surface area contributed by atoms with Crippen molar-refractivity contribution in [3.8, 4) is 5.75 Å². The summed E-state index contributed by atoms with van der Waals surface area (Å²) in [5.41, 5.74) is 9.76. The first-order valence-corrected chi connectivity index (χ1v) is 6.74. The standard InChI is InChI=1S/C15H17FN2O/c1-2-19-14-7-10-13(8-11(14)16)18-12-6-4-3-5-9(12)15(10)17/h7-8H,2-6H2,1H3,(H2,17,18). The van der Waals surface area contributed by atoms with Gasteiger partial charge in [0.2, 0.25) is 0 Å². The lowest BCUT2D eigenvalue weighted by atomic mass is 9.93. The largest absolute Gasteiger partial charge is 0.491 e. The lowest BCUT2D eigenvalue weighted by molar-refractivity contribution is 0.322. The summed E-state index contributed by atoms with van der Waals surface area (Å²) in [5, 5.41) is 0.797. The van der Waals surface area contributed by atoms with Crippen LogP contribution in [0.5, 0.6) is 5.75 Å². The predicted molar refractivity (Wildman–Crippen MR) is 73.9 cm³/mol. The molecule has 0 bridgehead atoms. The van der Waals surface area contributed by atoms with E-state index in [1.54, 1.807) is 6.07 Å². The fraction of sp³-hybridized carbons (Fsp3) is 0.400. The summed E-state index contributed by atoms with van der Waals surface area (Å²) in [7, 11) is 0. The minimum Gasteiger partial charge on any atom is -0.491 e. The molecule has 19 heavy (non-hydrogen) atoms. The zero-order chi connectivity index (χ0) is 13.4. The average molecular weight is 260 g/mol. The van der Waals surface area contributed by atoms with Crippen LogP contribution in [0.4, 0.5) is 10.1 Å². The summed E-state index contributed by atoms with van der Waals surface area (Å²) in [4.78, 5) is 4.56. The van der Waals surface area contributed by atoms with Crippen LogP contribution >= 0.6 is 0 Å². The van der Waals surface area contributed by atoms with Gasteiger partial charge in [-0.25, -0.2) is 4.39 Å². The molecule has 0 radical (unpaired) electrons. The second kappa shape index (κ2) is 4.68. The zero-order valence-corrected chi connectivity index (χ0v) is 11.0. The normalized spacial score (nSPS) is 14.4. The van der Waals surface area contributed by atoms with E-state index in [0.29, 0.717) is 12.1 Å². The van der Waals surface area contributed by atoms with Gasteiger partial charge in [0.15, 0.2) is 11.6 Å². The Morgan fingerprint density at radius 3 is 2.89 bits per heavy atom. The number of nitrogens with zero attached hydrogens (tertiary/aromatic N) is 1. The molecule has 4 heteroatoms. The predicted octanol–water partition coefficient (Wildman–Crippen LogP) is 3.23. The molecule has 2 aromatic rings. The number of benzene rings is 1. The maximum atomic E-state index is 13.9. The number of nitrogen functional groups attached to an aromatic ring is 1. The summed E-state index contributed by atoms with van der Waals surface area (Å²) < 4.78 is 19.2. The van der Waals surface area contributed by atoms with Crippen molar-refractivity contribution in [2.24, 2.45) is 0 Å². The highest BCUT2D eigenvalue weighted by molar-refractivity contribution is 5.93. The number of hydrogen-bond acceptors (Lipinski definition) is 3. The maximum absolute atomic E-state index is 13.9. The van der Waals surface area contributed by atoms with Gasteiger partial charge in [-0.1, -0.05) is 0 Å². The highest BCUT2D eigenvalue weighted by Gasteiger charge is 2.18. The Kier molecular flexibility index (Phi) is 3.01.